The summed E-state index contributed by atoms with van der Waals surface area (Å²) in [6.45, 7) is 2.10. The van der Waals surface area contributed by atoms with Crippen molar-refractivity contribution in [2.45, 2.75) is 36.5 Å². The molecule has 1 unspecified atom stereocenters. The van der Waals surface area contributed by atoms with E-state index >= 15 is 0 Å². The molecule has 0 aliphatic carbocycles. The van der Waals surface area contributed by atoms with Crippen molar-refractivity contribution in [2.75, 3.05) is 0 Å². The van der Waals surface area contributed by atoms with Crippen LogP contribution in [-0.4, -0.2) is 6.04 Å². The molecular weight excluding hydrogens is 278 g/mol. The smallest absolute Gasteiger partial charge is 0.113 e. The molecule has 2 nitrogen and oxygen atoms in total. The number of hydrogen-bond acceptors (Lipinski definition) is 3. The number of nitrogens with two attached hydrogens (primary N) is 1. The fourth-order valence-corrected chi connectivity index (χ4v) is 2.97. The summed E-state index contributed by atoms with van der Waals surface area (Å²) in [6, 6.07) is 10.1. The SMILES string of the molecule is CCC(N)Cc1cc(Cl)ccc1SCc1ccco1. The lowest BCUT2D eigenvalue weighted by Crippen LogP contribution is -2.21. The molecule has 19 heavy (non-hydrogen) atoms. The van der Waals surface area contributed by atoms with Gasteiger partial charge in [-0.2, -0.15) is 0 Å². The fourth-order valence-electron chi connectivity index (χ4n) is 1.82. The van der Waals surface area contributed by atoms with Gasteiger partial charge in [-0.1, -0.05) is 18.5 Å². The van der Waals surface area contributed by atoms with E-state index in [1.54, 1.807) is 18.0 Å². The summed E-state index contributed by atoms with van der Waals surface area (Å²) in [5.74, 6) is 1.80. The van der Waals surface area contributed by atoms with E-state index in [0.29, 0.717) is 0 Å². The maximum Gasteiger partial charge on any atom is 0.113 e. The van der Waals surface area contributed by atoms with E-state index in [-0.39, 0.29) is 6.04 Å². The van der Waals surface area contributed by atoms with Gasteiger partial charge in [0.15, 0.2) is 0 Å². The molecule has 4 heteroatoms. The van der Waals surface area contributed by atoms with Crippen LogP contribution in [0.3, 0.4) is 0 Å². The molecule has 1 atom stereocenters. The van der Waals surface area contributed by atoms with Crippen molar-refractivity contribution in [3.8, 4) is 0 Å². The van der Waals surface area contributed by atoms with Crippen LogP contribution in [0.1, 0.15) is 24.7 Å². The molecule has 1 heterocycles. The van der Waals surface area contributed by atoms with Crippen molar-refractivity contribution in [1.82, 2.24) is 0 Å². The molecule has 0 spiro atoms. The second kappa shape index (κ2) is 7.04. The molecule has 0 amide bonds. The zero-order valence-corrected chi connectivity index (χ0v) is 12.5. The number of rotatable bonds is 6. The third kappa shape index (κ3) is 4.30. The first-order chi connectivity index (χ1) is 9.19. The van der Waals surface area contributed by atoms with Gasteiger partial charge in [0.25, 0.3) is 0 Å². The number of halogens is 1. The molecule has 0 aliphatic heterocycles. The van der Waals surface area contributed by atoms with Crippen molar-refractivity contribution in [3.05, 3.63) is 52.9 Å². The van der Waals surface area contributed by atoms with Crippen LogP contribution in [0.4, 0.5) is 0 Å². The summed E-state index contributed by atoms with van der Waals surface area (Å²) in [5, 5.41) is 0.764. The molecule has 1 aromatic heterocycles. The summed E-state index contributed by atoms with van der Waals surface area (Å²) < 4.78 is 5.35. The molecule has 0 aliphatic rings. The highest BCUT2D eigenvalue weighted by Gasteiger charge is 2.09. The Kier molecular flexibility index (Phi) is 5.37. The minimum Gasteiger partial charge on any atom is -0.468 e. The fraction of sp³-hybridized carbons (Fsp3) is 0.333. The Hall–Kier alpha value is -0.900. The van der Waals surface area contributed by atoms with Crippen molar-refractivity contribution in [2.24, 2.45) is 5.73 Å². The van der Waals surface area contributed by atoms with Crippen molar-refractivity contribution in [1.29, 1.82) is 0 Å². The average Bonchev–Trinajstić information content (AvgIpc) is 2.91. The van der Waals surface area contributed by atoms with E-state index in [1.807, 2.05) is 24.3 Å². The van der Waals surface area contributed by atoms with Gasteiger partial charge in [0, 0.05) is 16.0 Å². The first-order valence-electron chi connectivity index (χ1n) is 6.38. The van der Waals surface area contributed by atoms with Crippen LogP contribution in [0.15, 0.2) is 45.9 Å². The van der Waals surface area contributed by atoms with Gasteiger partial charge in [-0.3, -0.25) is 0 Å². The molecule has 2 N–H and O–H groups in total. The van der Waals surface area contributed by atoms with Crippen molar-refractivity contribution < 1.29 is 4.42 Å². The van der Waals surface area contributed by atoms with Crippen LogP contribution < -0.4 is 5.73 Å². The molecular formula is C15H18ClNOS. The third-order valence-corrected chi connectivity index (χ3v) is 4.35. The maximum absolute atomic E-state index is 6.07. The lowest BCUT2D eigenvalue weighted by molar-refractivity contribution is 0.530. The minimum absolute atomic E-state index is 0.182. The maximum atomic E-state index is 6.07. The predicted octanol–water partition coefficient (Wildman–Crippen LogP) is 4.51. The van der Waals surface area contributed by atoms with E-state index in [0.717, 1.165) is 29.4 Å². The van der Waals surface area contributed by atoms with Crippen LogP contribution in [-0.2, 0) is 12.2 Å². The van der Waals surface area contributed by atoms with Crippen LogP contribution in [0.2, 0.25) is 5.02 Å². The third-order valence-electron chi connectivity index (χ3n) is 2.98. The van der Waals surface area contributed by atoms with Gasteiger partial charge < -0.3 is 10.2 Å². The quantitative estimate of drug-likeness (QED) is 0.797. The van der Waals surface area contributed by atoms with Gasteiger partial charge in [-0.05, 0) is 48.7 Å². The summed E-state index contributed by atoms with van der Waals surface area (Å²) in [5.41, 5.74) is 7.26. The van der Waals surface area contributed by atoms with Gasteiger partial charge >= 0.3 is 0 Å². The van der Waals surface area contributed by atoms with Gasteiger partial charge in [0.1, 0.15) is 5.76 Å². The Morgan fingerprint density at radius 2 is 2.21 bits per heavy atom. The van der Waals surface area contributed by atoms with Crippen LogP contribution in [0.25, 0.3) is 0 Å². The molecule has 0 saturated carbocycles. The lowest BCUT2D eigenvalue weighted by atomic mass is 10.0. The number of hydrogen-bond donors (Lipinski definition) is 1. The van der Waals surface area contributed by atoms with Crippen LogP contribution in [0.5, 0.6) is 0 Å². The van der Waals surface area contributed by atoms with E-state index in [1.165, 1.54) is 10.5 Å². The summed E-state index contributed by atoms with van der Waals surface area (Å²) in [7, 11) is 0. The first-order valence-corrected chi connectivity index (χ1v) is 7.74. The Bertz CT molecular complexity index is 513. The Balaban J connectivity index is 2.09. The highest BCUT2D eigenvalue weighted by Crippen LogP contribution is 2.29. The predicted molar refractivity (Wildman–Crippen MR) is 81.7 cm³/mol. The van der Waals surface area contributed by atoms with Crippen LogP contribution in [0, 0.1) is 0 Å². The lowest BCUT2D eigenvalue weighted by Gasteiger charge is -2.13. The van der Waals surface area contributed by atoms with E-state index < -0.39 is 0 Å². The van der Waals surface area contributed by atoms with Gasteiger partial charge in [0.2, 0.25) is 0 Å². The highest BCUT2D eigenvalue weighted by molar-refractivity contribution is 7.98. The van der Waals surface area contributed by atoms with Gasteiger partial charge in [-0.15, -0.1) is 11.8 Å². The second-order valence-electron chi connectivity index (χ2n) is 4.49. The number of furan rings is 1. The Labute approximate surface area is 123 Å². The topological polar surface area (TPSA) is 39.2 Å². The van der Waals surface area contributed by atoms with E-state index in [9.17, 15) is 0 Å². The number of benzene rings is 1. The Morgan fingerprint density at radius 3 is 2.89 bits per heavy atom. The summed E-state index contributed by atoms with van der Waals surface area (Å²) >= 11 is 7.83. The zero-order chi connectivity index (χ0) is 13.7. The molecule has 0 radical (unpaired) electrons. The number of thioether (sulfide) groups is 1. The average molecular weight is 296 g/mol. The molecule has 0 fully saturated rings. The van der Waals surface area contributed by atoms with Crippen molar-refractivity contribution >= 4 is 23.4 Å². The minimum atomic E-state index is 0.182. The standard InChI is InChI=1S/C15H18ClNOS/c1-2-13(17)9-11-8-12(16)5-6-15(11)19-10-14-4-3-7-18-14/h3-8,13H,2,9-10,17H2,1H3. The van der Waals surface area contributed by atoms with Gasteiger partial charge in [0.05, 0.1) is 12.0 Å². The molecule has 102 valence electrons. The van der Waals surface area contributed by atoms with E-state index in [4.69, 9.17) is 21.8 Å². The zero-order valence-electron chi connectivity index (χ0n) is 10.9. The van der Waals surface area contributed by atoms with Crippen LogP contribution >= 0.6 is 23.4 Å². The van der Waals surface area contributed by atoms with Gasteiger partial charge in [-0.25, -0.2) is 0 Å². The second-order valence-corrected chi connectivity index (χ2v) is 5.95. The summed E-state index contributed by atoms with van der Waals surface area (Å²) in [4.78, 5) is 1.23. The molecule has 0 bridgehead atoms. The van der Waals surface area contributed by atoms with Crippen molar-refractivity contribution in [3.63, 3.8) is 0 Å². The molecule has 1 aromatic carbocycles. The highest BCUT2D eigenvalue weighted by atomic mass is 35.5. The molecule has 0 saturated heterocycles. The monoisotopic (exact) mass is 295 g/mol. The first kappa shape index (κ1) is 14.5. The summed E-state index contributed by atoms with van der Waals surface area (Å²) in [6.07, 6.45) is 3.53. The van der Waals surface area contributed by atoms with E-state index in [2.05, 4.69) is 13.0 Å². The normalized spacial score (nSPS) is 12.6. The largest absolute Gasteiger partial charge is 0.468 e. The Morgan fingerprint density at radius 1 is 1.37 bits per heavy atom. The molecule has 2 rings (SSSR count). The molecule has 2 aromatic rings.